The fourth-order valence-electron chi connectivity index (χ4n) is 16.7. The lowest BCUT2D eigenvalue weighted by atomic mass is 9.78. The standard InChI is InChI=1S/C90H137N13O21/c1-59-21-13-12-14-22-60(2)71(97-89(110)115-11)54-70-27-25-65(7)90(111,124-70)83(107)87(108)102-33-18-15-24-72(102)88(109)123-75(55-74(112-8)61(3)50-64(6)81(106)82(114-10)80(105)63(5)49-59)62(4)51-66-26-28-73(76(52-66)113-9)122-36-20-16-23-69-57-101(100-98-69)35-38-117-40-42-119-44-46-121-48-47-120-45-43-118-41-39-116-37-30-77(104)92-31-17-19-34-103-86-78(84(91)95-58-96-86)79(99-103)68-53-67-29-32-93-85(67)94-56-68/h12-14,21-22,29,32,50,53,56-59,61-63,65-66,70-76,81-82,106,111H,15-20,23-28,30-31,33-49,51-52,54-55H2,1-11H3,(H,92,104)(H,93,94)(H,97,110)(H2,91,95,96)/b14-12+,21-13+,60-22+,64-50+/t59-,61-,62-,63-,65-,66+,70+,71+,72+,73-,74-,75+,76-,81-,82+,90-/m1/s1. The molecule has 688 valence electrons. The molecule has 0 unspecified atom stereocenters. The summed E-state index contributed by atoms with van der Waals surface area (Å²) >= 11 is 0. The van der Waals surface area contributed by atoms with Crippen LogP contribution in [-0.4, -0.2) is 283 Å². The predicted molar refractivity (Wildman–Crippen MR) is 463 cm³/mol. The minimum absolute atomic E-state index is 0.0300. The third-order valence-electron chi connectivity index (χ3n) is 24.1. The lowest BCUT2D eigenvalue weighted by molar-refractivity contribution is -0.264. The zero-order chi connectivity index (χ0) is 88.9. The molecule has 8 heterocycles. The number of alkyl carbamates (subject to hydrolysis) is 1. The number of aryl methyl sites for hydroxylation is 2. The molecule has 7 N–H and O–H groups in total. The number of carbonyl (C=O) groups excluding carboxylic acids is 6. The zero-order valence-electron chi connectivity index (χ0n) is 74.6. The quantitative estimate of drug-likeness (QED) is 0.00920. The Bertz CT molecular complexity index is 4250. The molecule has 0 radical (unpaired) electrons. The number of hydrogen-bond donors (Lipinski definition) is 6. The number of nitrogen functional groups attached to an aromatic ring is 1. The number of aliphatic hydroxyl groups is 2. The Morgan fingerprint density at radius 3 is 2.18 bits per heavy atom. The third kappa shape index (κ3) is 30.2. The van der Waals surface area contributed by atoms with Crippen molar-refractivity contribution in [3.8, 4) is 11.3 Å². The molecular formula is C90H137N13O21. The van der Waals surface area contributed by atoms with Gasteiger partial charge in [-0.1, -0.05) is 81.9 Å². The SMILES string of the molecule is COC(=O)N[C@H]1C[C@@H]2CC[C@@H](C)[C@@](O)(O2)C(=O)C(=O)N2CCCC[C@H]2C(=O)O[C@H]([C@H](C)C[C@@H]2CC[C@@H](OCCCCc3cn(CCOCCOCCOCCOCCOCCOCCC(=O)NCCCCn4nc(-c5cnc6[nH]ccc6c5)c5c(N)ncnc54)nn3)[C@H](OC)C2)C[C@@H](OC)[C@H](C)/C=C(\C)[C@@H](O)[C@@H](OC)C(=O)[C@H](C)C[C@H](C)/C=C/C=C/C=C/1C. The van der Waals surface area contributed by atoms with Gasteiger partial charge in [0.1, 0.15) is 47.8 Å². The highest BCUT2D eigenvalue weighted by molar-refractivity contribution is 6.39. The summed E-state index contributed by atoms with van der Waals surface area (Å²) in [4.78, 5) is 101. The van der Waals surface area contributed by atoms with Gasteiger partial charge in [0, 0.05) is 108 Å². The number of nitrogens with two attached hydrogens (primary N) is 1. The van der Waals surface area contributed by atoms with Crippen molar-refractivity contribution in [3.63, 3.8) is 0 Å². The number of anilines is 1. The summed E-state index contributed by atoms with van der Waals surface area (Å²) in [5, 5.41) is 45.1. The first kappa shape index (κ1) is 99.4. The number of piperidine rings is 1. The van der Waals surface area contributed by atoms with Crippen LogP contribution < -0.4 is 16.4 Å². The first-order valence-electron chi connectivity index (χ1n) is 44.4. The molecule has 3 amide bonds. The van der Waals surface area contributed by atoms with Crippen LogP contribution in [0.15, 0.2) is 84.7 Å². The molecule has 0 aromatic carbocycles. The number of carbonyl (C=O) groups is 6. The van der Waals surface area contributed by atoms with E-state index in [0.717, 1.165) is 72.8 Å². The van der Waals surface area contributed by atoms with Gasteiger partial charge in [-0.05, 0) is 152 Å². The van der Waals surface area contributed by atoms with Gasteiger partial charge in [0.15, 0.2) is 11.4 Å². The van der Waals surface area contributed by atoms with Gasteiger partial charge in [0.05, 0.1) is 134 Å². The fraction of sp³-hybridized carbons (Fsp3) is 0.689. The zero-order valence-corrected chi connectivity index (χ0v) is 74.6. The van der Waals surface area contributed by atoms with Crippen molar-refractivity contribution in [2.75, 3.05) is 133 Å². The topological polar surface area (TPSA) is 419 Å². The van der Waals surface area contributed by atoms with E-state index in [1.807, 2.05) is 100 Å². The number of unbranched alkanes of at least 4 members (excludes halogenated alkanes) is 2. The number of Topliss-reactive ketones (excluding diaryl/α,β-unsaturated/α-hetero) is 2. The molecule has 5 aromatic heterocycles. The molecule has 2 bridgehead atoms. The van der Waals surface area contributed by atoms with Gasteiger partial charge in [-0.2, -0.15) is 5.10 Å². The van der Waals surface area contributed by atoms with E-state index in [9.17, 15) is 39.0 Å². The maximum absolute atomic E-state index is 15.0. The highest BCUT2D eigenvalue weighted by Gasteiger charge is 2.53. The van der Waals surface area contributed by atoms with E-state index in [1.54, 1.807) is 38.9 Å². The minimum atomic E-state index is -2.53. The fourth-order valence-corrected chi connectivity index (χ4v) is 16.7. The Balaban J connectivity index is 0.637. The largest absolute Gasteiger partial charge is 0.460 e. The smallest absolute Gasteiger partial charge is 0.407 e. The molecule has 3 aliphatic heterocycles. The number of aromatic nitrogens is 9. The number of nitrogens with zero attached hydrogens (tertiary/aromatic N) is 9. The summed E-state index contributed by atoms with van der Waals surface area (Å²) in [7, 11) is 5.96. The van der Waals surface area contributed by atoms with Crippen molar-refractivity contribution in [2.45, 2.75) is 238 Å². The monoisotopic (exact) mass is 1740 g/mol. The summed E-state index contributed by atoms with van der Waals surface area (Å²) in [6, 6.07) is 2.16. The van der Waals surface area contributed by atoms with Crippen molar-refractivity contribution in [1.82, 2.24) is 60.2 Å². The van der Waals surface area contributed by atoms with Crippen LogP contribution >= 0.6 is 0 Å². The molecule has 3 fully saturated rings. The van der Waals surface area contributed by atoms with Crippen LogP contribution in [0, 0.1) is 35.5 Å². The Labute approximate surface area is 728 Å². The highest BCUT2D eigenvalue weighted by atomic mass is 16.6. The van der Waals surface area contributed by atoms with Gasteiger partial charge in [-0.15, -0.1) is 5.10 Å². The van der Waals surface area contributed by atoms with Crippen molar-refractivity contribution in [2.24, 2.45) is 35.5 Å². The molecule has 124 heavy (non-hydrogen) atoms. The van der Waals surface area contributed by atoms with Crippen molar-refractivity contribution in [3.05, 3.63) is 90.3 Å². The normalized spacial score (nSPS) is 27.4. The van der Waals surface area contributed by atoms with Crippen LogP contribution in [0.2, 0.25) is 0 Å². The molecule has 1 saturated carbocycles. The number of esters is 1. The van der Waals surface area contributed by atoms with E-state index >= 15 is 0 Å². The highest BCUT2D eigenvalue weighted by Crippen LogP contribution is 2.40. The number of aromatic amines is 1. The van der Waals surface area contributed by atoms with Crippen molar-refractivity contribution in [1.29, 1.82) is 0 Å². The maximum atomic E-state index is 15.0. The molecule has 1 aliphatic carbocycles. The maximum Gasteiger partial charge on any atom is 0.407 e. The molecular weight excluding hydrogens is 1600 g/mol. The number of ketones is 2. The molecule has 4 aliphatic rings. The summed E-state index contributed by atoms with van der Waals surface area (Å²) in [6.45, 7) is 20.2. The van der Waals surface area contributed by atoms with Crippen LogP contribution in [0.5, 0.6) is 0 Å². The number of pyridine rings is 1. The summed E-state index contributed by atoms with van der Waals surface area (Å²) in [6.07, 6.45) is 22.7. The van der Waals surface area contributed by atoms with Gasteiger partial charge in [0.25, 0.3) is 11.7 Å². The number of rotatable bonds is 40. The number of allylic oxidation sites excluding steroid dienone is 5. The van der Waals surface area contributed by atoms with E-state index < -0.39 is 84.0 Å². The Kier molecular flexibility index (Phi) is 41.7. The first-order valence-corrected chi connectivity index (χ1v) is 44.4. The molecule has 9 rings (SSSR count). The molecule has 5 aromatic rings. The second-order valence-electron chi connectivity index (χ2n) is 33.4. The number of amides is 3. The third-order valence-corrected chi connectivity index (χ3v) is 24.1. The number of aliphatic hydroxyl groups excluding tert-OH is 1. The molecule has 34 nitrogen and oxygen atoms in total. The average molecular weight is 1740 g/mol. The second kappa shape index (κ2) is 52.1. The van der Waals surface area contributed by atoms with E-state index in [-0.39, 0.29) is 79.8 Å². The number of nitrogens with one attached hydrogen (secondary N) is 3. The van der Waals surface area contributed by atoms with E-state index in [1.165, 1.54) is 25.4 Å². The Morgan fingerprint density at radius 2 is 1.47 bits per heavy atom. The lowest BCUT2D eigenvalue weighted by Gasteiger charge is -2.43. The van der Waals surface area contributed by atoms with Gasteiger partial charge >= 0.3 is 12.1 Å². The Hall–Kier alpha value is -8.36. The van der Waals surface area contributed by atoms with Crippen LogP contribution in [0.4, 0.5) is 10.6 Å². The molecule has 34 heteroatoms. The van der Waals surface area contributed by atoms with Crippen LogP contribution in [0.3, 0.4) is 0 Å². The minimum Gasteiger partial charge on any atom is -0.460 e. The molecule has 16 atom stereocenters. The van der Waals surface area contributed by atoms with Crippen molar-refractivity contribution < 1.29 is 101 Å². The number of cyclic esters (lactones) is 1. The van der Waals surface area contributed by atoms with E-state index in [0.29, 0.717) is 179 Å². The second-order valence-corrected chi connectivity index (χ2v) is 33.4. The van der Waals surface area contributed by atoms with Gasteiger partial charge in [-0.3, -0.25) is 19.2 Å². The number of methoxy groups -OCH3 is 4. The van der Waals surface area contributed by atoms with Gasteiger partial charge in [0.2, 0.25) is 11.7 Å². The summed E-state index contributed by atoms with van der Waals surface area (Å²) in [5.41, 5.74) is 11.3. The molecule has 2 saturated heterocycles. The lowest BCUT2D eigenvalue weighted by Crippen LogP contribution is -2.61. The van der Waals surface area contributed by atoms with Crippen LogP contribution in [0.1, 0.15) is 163 Å². The number of hydrogen-bond acceptors (Lipinski definition) is 28. The van der Waals surface area contributed by atoms with Crippen LogP contribution in [-0.2, 0) is 105 Å². The number of ether oxygens (including phenoxy) is 13. The van der Waals surface area contributed by atoms with Crippen molar-refractivity contribution >= 4 is 63.3 Å². The number of H-pyrrole nitrogens is 1. The summed E-state index contributed by atoms with van der Waals surface area (Å²) < 4.78 is 80.0. The summed E-state index contributed by atoms with van der Waals surface area (Å²) in [5.74, 6) is -7.14. The number of fused-ring (bicyclic) bond motifs is 5. The first-order chi connectivity index (χ1) is 59.9. The Morgan fingerprint density at radius 1 is 0.750 bits per heavy atom. The van der Waals surface area contributed by atoms with E-state index in [4.69, 9.17) is 72.4 Å². The van der Waals surface area contributed by atoms with Crippen LogP contribution in [0.25, 0.3) is 33.3 Å². The average Bonchev–Trinajstić information content (AvgIpc) is 1.77. The van der Waals surface area contributed by atoms with E-state index in [2.05, 4.69) is 40.9 Å². The van der Waals surface area contributed by atoms with Gasteiger partial charge < -0.3 is 98.0 Å². The predicted octanol–water partition coefficient (Wildman–Crippen LogP) is 9.33. The molecule has 0 spiro atoms. The van der Waals surface area contributed by atoms with Gasteiger partial charge in [-0.25, -0.2) is 33.9 Å².